The van der Waals surface area contributed by atoms with Crippen molar-refractivity contribution in [3.63, 3.8) is 0 Å². The molecular weight excluding hydrogens is 582 g/mol. The minimum Gasteiger partial charge on any atom is -0.357 e. The van der Waals surface area contributed by atoms with Crippen LogP contribution >= 0.6 is 11.6 Å². The van der Waals surface area contributed by atoms with Gasteiger partial charge in [0.25, 0.3) is 10.0 Å². The molecule has 0 aromatic heterocycles. The molecule has 4 rings (SSSR count). The number of nitrogens with zero attached hydrogens (tertiary/aromatic N) is 2. The Kier molecular flexibility index (Phi) is 10.3. The number of halogens is 1. The lowest BCUT2D eigenvalue weighted by molar-refractivity contribution is -0.139. The van der Waals surface area contributed by atoms with E-state index >= 15 is 0 Å². The molecule has 9 heteroatoms. The minimum absolute atomic E-state index is 0.00866. The van der Waals surface area contributed by atoms with Crippen LogP contribution in [0.5, 0.6) is 0 Å². The van der Waals surface area contributed by atoms with Crippen LogP contribution in [0, 0.1) is 20.8 Å². The fourth-order valence-corrected chi connectivity index (χ4v) is 6.64. The number of rotatable bonds is 11. The van der Waals surface area contributed by atoms with Gasteiger partial charge in [0.05, 0.1) is 10.6 Å². The number of benzene rings is 4. The predicted molar refractivity (Wildman–Crippen MR) is 172 cm³/mol. The van der Waals surface area contributed by atoms with E-state index in [1.54, 1.807) is 42.5 Å². The lowest BCUT2D eigenvalue weighted by atomic mass is 10.0. The van der Waals surface area contributed by atoms with Gasteiger partial charge in [0.1, 0.15) is 12.6 Å². The second-order valence-corrected chi connectivity index (χ2v) is 12.8. The summed E-state index contributed by atoms with van der Waals surface area (Å²) in [5.74, 6) is -0.913. The smallest absolute Gasteiger partial charge is 0.264 e. The van der Waals surface area contributed by atoms with Gasteiger partial charge in [0.15, 0.2) is 0 Å². The molecule has 2 amide bonds. The van der Waals surface area contributed by atoms with Crippen LogP contribution in [0.15, 0.2) is 102 Å². The number of amides is 2. The van der Waals surface area contributed by atoms with Gasteiger partial charge in [-0.3, -0.25) is 13.9 Å². The van der Waals surface area contributed by atoms with Crippen molar-refractivity contribution in [3.05, 3.63) is 130 Å². The molecule has 0 aliphatic heterocycles. The monoisotopic (exact) mass is 617 g/mol. The molecule has 0 saturated carbocycles. The van der Waals surface area contributed by atoms with E-state index in [4.69, 9.17) is 11.6 Å². The maximum Gasteiger partial charge on any atom is 0.264 e. The lowest BCUT2D eigenvalue weighted by Gasteiger charge is -2.34. The number of likely N-dealkylation sites (N-methyl/N-ethyl adjacent to an activating group) is 1. The zero-order chi connectivity index (χ0) is 31.1. The SMILES string of the molecule is CNC(=O)[C@H](Cc1ccccc1)N(Cc1ccccc1Cl)C(=O)CN(c1ccc(C)cc1C)S(=O)(=O)c1ccc(C)cc1. The lowest BCUT2D eigenvalue weighted by Crippen LogP contribution is -2.53. The summed E-state index contributed by atoms with van der Waals surface area (Å²) in [7, 11) is -2.65. The fourth-order valence-electron chi connectivity index (χ4n) is 4.97. The Hall–Kier alpha value is -4.14. The third-order valence-corrected chi connectivity index (χ3v) is 9.47. The largest absolute Gasteiger partial charge is 0.357 e. The van der Waals surface area contributed by atoms with E-state index in [0.717, 1.165) is 21.0 Å². The van der Waals surface area contributed by atoms with Crippen molar-refractivity contribution in [1.82, 2.24) is 10.2 Å². The standard InChI is InChI=1S/C34H36ClN3O4S/c1-24-14-17-29(18-15-24)43(41,42)38(31-19-16-25(2)20-26(31)3)23-33(39)37(22-28-12-8-9-13-30(28)35)32(34(40)36-4)21-27-10-6-5-7-11-27/h5-20,32H,21-23H2,1-4H3,(H,36,40)/t32-/m0/s1. The van der Waals surface area contributed by atoms with Crippen molar-refractivity contribution in [3.8, 4) is 0 Å². The summed E-state index contributed by atoms with van der Waals surface area (Å²) in [6, 6.07) is 27.5. The van der Waals surface area contributed by atoms with Crippen molar-refractivity contribution < 1.29 is 18.0 Å². The van der Waals surface area contributed by atoms with Crippen LogP contribution in [-0.2, 0) is 32.6 Å². The molecule has 0 aliphatic carbocycles. The van der Waals surface area contributed by atoms with E-state index in [1.165, 1.54) is 24.1 Å². The number of carbonyl (C=O) groups is 2. The molecule has 4 aromatic rings. The van der Waals surface area contributed by atoms with Gasteiger partial charge in [0.2, 0.25) is 11.8 Å². The number of hydrogen-bond acceptors (Lipinski definition) is 4. The second kappa shape index (κ2) is 13.9. The maximum atomic E-state index is 14.4. The first-order valence-electron chi connectivity index (χ1n) is 14.0. The van der Waals surface area contributed by atoms with Gasteiger partial charge < -0.3 is 10.2 Å². The minimum atomic E-state index is -4.17. The highest BCUT2D eigenvalue weighted by Crippen LogP contribution is 2.29. The van der Waals surface area contributed by atoms with Gasteiger partial charge in [-0.05, 0) is 61.7 Å². The van der Waals surface area contributed by atoms with Gasteiger partial charge >= 0.3 is 0 Å². The molecule has 7 nitrogen and oxygen atoms in total. The Morgan fingerprint density at radius 3 is 2.09 bits per heavy atom. The van der Waals surface area contributed by atoms with Crippen LogP contribution in [0.3, 0.4) is 0 Å². The molecular formula is C34H36ClN3O4S. The second-order valence-electron chi connectivity index (χ2n) is 10.5. The van der Waals surface area contributed by atoms with Gasteiger partial charge in [-0.25, -0.2) is 8.42 Å². The summed E-state index contributed by atoms with van der Waals surface area (Å²) in [5.41, 5.74) is 4.45. The molecule has 43 heavy (non-hydrogen) atoms. The van der Waals surface area contributed by atoms with E-state index in [-0.39, 0.29) is 23.8 Å². The summed E-state index contributed by atoms with van der Waals surface area (Å²) in [5, 5.41) is 3.12. The maximum absolute atomic E-state index is 14.4. The third-order valence-electron chi connectivity index (χ3n) is 7.32. The molecule has 1 N–H and O–H groups in total. The van der Waals surface area contributed by atoms with Crippen molar-refractivity contribution in [2.45, 2.75) is 44.7 Å². The molecule has 0 saturated heterocycles. The highest BCUT2D eigenvalue weighted by Gasteiger charge is 2.35. The number of aryl methyl sites for hydroxylation is 3. The first kappa shape index (κ1) is 31.8. The summed E-state index contributed by atoms with van der Waals surface area (Å²) >= 11 is 6.51. The summed E-state index contributed by atoms with van der Waals surface area (Å²) in [4.78, 5) is 29.3. The van der Waals surface area contributed by atoms with Gasteiger partial charge in [-0.1, -0.05) is 95.5 Å². The van der Waals surface area contributed by atoms with Crippen molar-refractivity contribution in [1.29, 1.82) is 0 Å². The van der Waals surface area contributed by atoms with Crippen molar-refractivity contribution in [2.24, 2.45) is 0 Å². The predicted octanol–water partition coefficient (Wildman–Crippen LogP) is 5.85. The molecule has 0 spiro atoms. The Morgan fingerprint density at radius 1 is 0.837 bits per heavy atom. The summed E-state index contributed by atoms with van der Waals surface area (Å²) in [6.45, 7) is 5.10. The molecule has 0 radical (unpaired) electrons. The zero-order valence-corrected chi connectivity index (χ0v) is 26.3. The fraction of sp³-hybridized carbons (Fsp3) is 0.235. The van der Waals surface area contributed by atoms with Crippen LogP contribution in [0.2, 0.25) is 5.02 Å². The number of hydrogen-bond donors (Lipinski definition) is 1. The van der Waals surface area contributed by atoms with Crippen LogP contribution in [0.1, 0.15) is 27.8 Å². The zero-order valence-electron chi connectivity index (χ0n) is 24.7. The average Bonchev–Trinajstić information content (AvgIpc) is 2.99. The number of nitrogens with one attached hydrogen (secondary N) is 1. The molecule has 1 atom stereocenters. The first-order chi connectivity index (χ1) is 20.5. The van der Waals surface area contributed by atoms with Gasteiger partial charge in [-0.15, -0.1) is 0 Å². The van der Waals surface area contributed by atoms with Crippen LogP contribution < -0.4 is 9.62 Å². The van der Waals surface area contributed by atoms with E-state index in [0.29, 0.717) is 21.8 Å². The Labute approximate surface area is 259 Å². The quantitative estimate of drug-likeness (QED) is 0.229. The molecule has 0 fully saturated rings. The van der Waals surface area contributed by atoms with Crippen LogP contribution in [0.4, 0.5) is 5.69 Å². The van der Waals surface area contributed by atoms with E-state index in [2.05, 4.69) is 5.32 Å². The van der Waals surface area contributed by atoms with Crippen LogP contribution in [0.25, 0.3) is 0 Å². The molecule has 0 aliphatic rings. The molecule has 0 unspecified atom stereocenters. The summed E-state index contributed by atoms with van der Waals surface area (Å²) < 4.78 is 29.5. The van der Waals surface area contributed by atoms with Gasteiger partial charge in [-0.2, -0.15) is 0 Å². The third kappa shape index (κ3) is 7.63. The van der Waals surface area contributed by atoms with Crippen molar-refractivity contribution >= 4 is 39.1 Å². The number of carbonyl (C=O) groups excluding carboxylic acids is 2. The van der Waals surface area contributed by atoms with E-state index in [1.807, 2.05) is 63.2 Å². The summed E-state index contributed by atoms with van der Waals surface area (Å²) in [6.07, 6.45) is 0.227. The Morgan fingerprint density at radius 2 is 1.47 bits per heavy atom. The van der Waals surface area contributed by atoms with E-state index in [9.17, 15) is 18.0 Å². The van der Waals surface area contributed by atoms with Gasteiger partial charge in [0, 0.05) is 25.0 Å². The number of sulfonamides is 1. The Bertz CT molecular complexity index is 1690. The average molecular weight is 618 g/mol. The number of anilines is 1. The first-order valence-corrected chi connectivity index (χ1v) is 15.8. The topological polar surface area (TPSA) is 86.8 Å². The molecule has 224 valence electrons. The highest BCUT2D eigenvalue weighted by molar-refractivity contribution is 7.92. The highest BCUT2D eigenvalue weighted by atomic mass is 35.5. The molecule has 4 aromatic carbocycles. The Balaban J connectivity index is 1.82. The molecule has 0 heterocycles. The normalized spacial score (nSPS) is 11.9. The van der Waals surface area contributed by atoms with Crippen LogP contribution in [-0.4, -0.2) is 44.8 Å². The van der Waals surface area contributed by atoms with E-state index < -0.39 is 28.5 Å². The van der Waals surface area contributed by atoms with Crippen molar-refractivity contribution in [2.75, 3.05) is 17.9 Å². The molecule has 0 bridgehead atoms.